The van der Waals surface area contributed by atoms with Crippen LogP contribution >= 0.6 is 0 Å². The predicted octanol–water partition coefficient (Wildman–Crippen LogP) is 0.651. The van der Waals surface area contributed by atoms with Gasteiger partial charge in [0.05, 0.1) is 12.0 Å². The molecule has 0 aromatic carbocycles. The summed E-state index contributed by atoms with van der Waals surface area (Å²) >= 11 is 0. The second-order valence-corrected chi connectivity index (χ2v) is 4.06. The smallest absolute Gasteiger partial charge is 0.227 e. The number of hydrogen-bond acceptors (Lipinski definition) is 3. The summed E-state index contributed by atoms with van der Waals surface area (Å²) in [7, 11) is 0. The Morgan fingerprint density at radius 1 is 1.50 bits per heavy atom. The lowest BCUT2D eigenvalue weighted by atomic mass is 10.0. The molecule has 1 atom stereocenters. The third kappa shape index (κ3) is 3.46. The number of rotatable bonds is 4. The lowest BCUT2D eigenvalue weighted by molar-refractivity contribution is -0.128. The van der Waals surface area contributed by atoms with Crippen LogP contribution in [0.15, 0.2) is 0 Å². The molecule has 1 heterocycles. The van der Waals surface area contributed by atoms with Gasteiger partial charge >= 0.3 is 0 Å². The Labute approximate surface area is 84.0 Å². The van der Waals surface area contributed by atoms with Crippen LogP contribution in [0.1, 0.15) is 33.1 Å². The maximum atomic E-state index is 11.2. The quantitative estimate of drug-likeness (QED) is 0.676. The zero-order valence-electron chi connectivity index (χ0n) is 8.76. The number of amides is 1. The van der Waals surface area contributed by atoms with E-state index in [9.17, 15) is 9.59 Å². The molecule has 1 rings (SSSR count). The Morgan fingerprint density at radius 3 is 2.71 bits per heavy atom. The van der Waals surface area contributed by atoms with Crippen molar-refractivity contribution in [3.05, 3.63) is 0 Å². The molecular formula is C10H17NO3. The molecule has 80 valence electrons. The van der Waals surface area contributed by atoms with E-state index in [1.165, 1.54) is 6.92 Å². The van der Waals surface area contributed by atoms with Gasteiger partial charge < -0.3 is 10.1 Å². The predicted molar refractivity (Wildman–Crippen MR) is 51.9 cm³/mol. The zero-order chi connectivity index (χ0) is 10.6. The Kier molecular flexibility index (Phi) is 3.63. The maximum absolute atomic E-state index is 11.2. The summed E-state index contributed by atoms with van der Waals surface area (Å²) in [6.07, 6.45) is 1.97. The highest BCUT2D eigenvalue weighted by Crippen LogP contribution is 2.23. The van der Waals surface area contributed by atoms with Gasteiger partial charge in [0, 0.05) is 13.2 Å². The van der Waals surface area contributed by atoms with Crippen LogP contribution in [0, 0.1) is 0 Å². The van der Waals surface area contributed by atoms with Crippen molar-refractivity contribution in [2.45, 2.75) is 38.7 Å². The molecule has 14 heavy (non-hydrogen) atoms. The van der Waals surface area contributed by atoms with Crippen LogP contribution in [-0.2, 0) is 14.3 Å². The number of ether oxygens (including phenoxy) is 1. The van der Waals surface area contributed by atoms with Gasteiger partial charge in [-0.25, -0.2) is 0 Å². The van der Waals surface area contributed by atoms with Gasteiger partial charge in [-0.3, -0.25) is 9.59 Å². The first-order valence-corrected chi connectivity index (χ1v) is 4.92. The summed E-state index contributed by atoms with van der Waals surface area (Å²) in [5.74, 6) is -0.325. The molecule has 0 bridgehead atoms. The fraction of sp³-hybridized carbons (Fsp3) is 0.800. The SMILES string of the molecule is CC(=O)CC(=O)NCC1(C)CCCO1. The molecule has 1 N–H and O–H groups in total. The summed E-state index contributed by atoms with van der Waals surface area (Å²) in [6, 6.07) is 0. The van der Waals surface area contributed by atoms with Gasteiger partial charge in [-0.1, -0.05) is 0 Å². The summed E-state index contributed by atoms with van der Waals surface area (Å²) in [4.78, 5) is 21.8. The fourth-order valence-electron chi connectivity index (χ4n) is 1.55. The number of nitrogens with one attached hydrogen (secondary N) is 1. The van der Waals surface area contributed by atoms with Crippen LogP contribution in [0.25, 0.3) is 0 Å². The summed E-state index contributed by atoms with van der Waals surface area (Å²) in [6.45, 7) is 4.65. The van der Waals surface area contributed by atoms with Gasteiger partial charge in [-0.15, -0.1) is 0 Å². The minimum Gasteiger partial charge on any atom is -0.373 e. The number of carbonyl (C=O) groups is 2. The Balaban J connectivity index is 2.25. The van der Waals surface area contributed by atoms with E-state index >= 15 is 0 Å². The first kappa shape index (κ1) is 11.2. The van der Waals surface area contributed by atoms with Crippen LogP contribution in [0.3, 0.4) is 0 Å². The van der Waals surface area contributed by atoms with E-state index < -0.39 is 0 Å². The minimum atomic E-state index is -0.230. The van der Waals surface area contributed by atoms with Crippen molar-refractivity contribution in [1.82, 2.24) is 5.32 Å². The van der Waals surface area contributed by atoms with Crippen LogP contribution < -0.4 is 5.32 Å². The zero-order valence-corrected chi connectivity index (χ0v) is 8.76. The second-order valence-electron chi connectivity index (χ2n) is 4.06. The number of Topliss-reactive ketones (excluding diaryl/α,β-unsaturated/α-hetero) is 1. The molecule has 4 heteroatoms. The van der Waals surface area contributed by atoms with E-state index in [0.717, 1.165) is 19.4 Å². The number of carbonyl (C=O) groups excluding carboxylic acids is 2. The molecule has 0 aromatic rings. The highest BCUT2D eigenvalue weighted by molar-refractivity contribution is 5.96. The molecule has 0 radical (unpaired) electrons. The Bertz CT molecular complexity index is 232. The third-order valence-electron chi connectivity index (χ3n) is 2.37. The molecule has 1 aliphatic rings. The molecule has 0 aromatic heterocycles. The van der Waals surface area contributed by atoms with Crippen molar-refractivity contribution >= 4 is 11.7 Å². The van der Waals surface area contributed by atoms with Gasteiger partial charge in [-0.05, 0) is 26.7 Å². The first-order chi connectivity index (χ1) is 6.52. The highest BCUT2D eigenvalue weighted by atomic mass is 16.5. The summed E-state index contributed by atoms with van der Waals surface area (Å²) in [5.41, 5.74) is -0.230. The molecule has 1 unspecified atom stereocenters. The molecule has 1 amide bonds. The normalized spacial score (nSPS) is 26.1. The van der Waals surface area contributed by atoms with E-state index in [2.05, 4.69) is 5.32 Å². The fourth-order valence-corrected chi connectivity index (χ4v) is 1.55. The molecule has 0 spiro atoms. The Morgan fingerprint density at radius 2 is 2.21 bits per heavy atom. The van der Waals surface area contributed by atoms with E-state index in [0.29, 0.717) is 6.54 Å². The van der Waals surface area contributed by atoms with Crippen LogP contribution in [0.5, 0.6) is 0 Å². The largest absolute Gasteiger partial charge is 0.373 e. The van der Waals surface area contributed by atoms with Crippen molar-refractivity contribution in [2.75, 3.05) is 13.2 Å². The second kappa shape index (κ2) is 4.55. The van der Waals surface area contributed by atoms with E-state index in [-0.39, 0.29) is 23.7 Å². The average molecular weight is 199 g/mol. The van der Waals surface area contributed by atoms with Crippen molar-refractivity contribution in [3.8, 4) is 0 Å². The lowest BCUT2D eigenvalue weighted by Gasteiger charge is -2.23. The van der Waals surface area contributed by atoms with Gasteiger partial charge in [0.2, 0.25) is 5.91 Å². The first-order valence-electron chi connectivity index (χ1n) is 4.92. The standard InChI is InChI=1S/C10H17NO3/c1-8(12)6-9(13)11-7-10(2)4-3-5-14-10/h3-7H2,1-2H3,(H,11,13). The van der Waals surface area contributed by atoms with Crippen LogP contribution in [0.4, 0.5) is 0 Å². The van der Waals surface area contributed by atoms with E-state index in [1.54, 1.807) is 0 Å². The molecule has 4 nitrogen and oxygen atoms in total. The monoisotopic (exact) mass is 199 g/mol. The summed E-state index contributed by atoms with van der Waals surface area (Å²) in [5, 5.41) is 2.71. The van der Waals surface area contributed by atoms with Crippen molar-refractivity contribution < 1.29 is 14.3 Å². The number of ketones is 1. The topological polar surface area (TPSA) is 55.4 Å². The van der Waals surface area contributed by atoms with E-state index in [1.807, 2.05) is 6.92 Å². The lowest BCUT2D eigenvalue weighted by Crippen LogP contribution is -2.40. The van der Waals surface area contributed by atoms with Crippen molar-refractivity contribution in [2.24, 2.45) is 0 Å². The van der Waals surface area contributed by atoms with Crippen molar-refractivity contribution in [1.29, 1.82) is 0 Å². The van der Waals surface area contributed by atoms with Crippen LogP contribution in [0.2, 0.25) is 0 Å². The molecule has 0 saturated carbocycles. The molecule has 1 saturated heterocycles. The molecule has 1 fully saturated rings. The Hall–Kier alpha value is -0.900. The molecule has 1 aliphatic heterocycles. The maximum Gasteiger partial charge on any atom is 0.227 e. The third-order valence-corrected chi connectivity index (χ3v) is 2.37. The van der Waals surface area contributed by atoms with E-state index in [4.69, 9.17) is 4.74 Å². The van der Waals surface area contributed by atoms with Gasteiger partial charge in [0.25, 0.3) is 0 Å². The highest BCUT2D eigenvalue weighted by Gasteiger charge is 2.29. The molecular weight excluding hydrogens is 182 g/mol. The van der Waals surface area contributed by atoms with Gasteiger partial charge in [0.1, 0.15) is 5.78 Å². The average Bonchev–Trinajstić information content (AvgIpc) is 2.49. The van der Waals surface area contributed by atoms with Gasteiger partial charge in [-0.2, -0.15) is 0 Å². The molecule has 0 aliphatic carbocycles. The minimum absolute atomic E-state index is 0.0317. The van der Waals surface area contributed by atoms with Crippen molar-refractivity contribution in [3.63, 3.8) is 0 Å². The summed E-state index contributed by atoms with van der Waals surface area (Å²) < 4.78 is 5.50. The number of hydrogen-bond donors (Lipinski definition) is 1. The van der Waals surface area contributed by atoms with Crippen LogP contribution in [-0.4, -0.2) is 30.4 Å². The van der Waals surface area contributed by atoms with Gasteiger partial charge in [0.15, 0.2) is 0 Å².